The van der Waals surface area contributed by atoms with Gasteiger partial charge in [-0.15, -0.1) is 0 Å². The van der Waals surface area contributed by atoms with Crippen LogP contribution in [0.5, 0.6) is 5.75 Å². The highest BCUT2D eigenvalue weighted by Gasteiger charge is 2.27. The lowest BCUT2D eigenvalue weighted by Crippen LogP contribution is -2.33. The van der Waals surface area contributed by atoms with Gasteiger partial charge in [0.25, 0.3) is 5.91 Å². The highest BCUT2D eigenvalue weighted by Crippen LogP contribution is 2.35. The van der Waals surface area contributed by atoms with E-state index in [0.717, 1.165) is 28.3 Å². The summed E-state index contributed by atoms with van der Waals surface area (Å²) in [6.07, 6.45) is 2.81. The highest BCUT2D eigenvalue weighted by molar-refractivity contribution is 7.90. The zero-order valence-electron chi connectivity index (χ0n) is 20.7. The monoisotopic (exact) mass is 546 g/mol. The van der Waals surface area contributed by atoms with Crippen LogP contribution in [0.4, 0.5) is 9.52 Å². The predicted molar refractivity (Wildman–Crippen MR) is 139 cm³/mol. The Kier molecular flexibility index (Phi) is 7.51. The standard InChI is InChI=1S/C25H27FN4O5S2/c1-4-17-18(6-8-21(23(17)26)37(3,33)34)24(32)30-9-10-35-19-7-5-15(11-16(19)13-30)20-12-28-25(36-20)29(2)14-22(27)31/h5-8,11-12H,4,9-10,13-14H2,1-3H3,(H2,27,31). The third-order valence-corrected chi connectivity index (χ3v) is 8.29. The summed E-state index contributed by atoms with van der Waals surface area (Å²) in [7, 11) is -2.04. The van der Waals surface area contributed by atoms with E-state index in [1.807, 2.05) is 18.2 Å². The molecular formula is C25H27FN4O5S2. The van der Waals surface area contributed by atoms with E-state index in [1.165, 1.54) is 17.4 Å². The van der Waals surface area contributed by atoms with Crippen molar-refractivity contribution in [2.45, 2.75) is 24.8 Å². The molecule has 0 radical (unpaired) electrons. The molecule has 1 aliphatic rings. The molecular weight excluding hydrogens is 519 g/mol. The molecule has 2 N–H and O–H groups in total. The molecule has 9 nitrogen and oxygen atoms in total. The fraction of sp³-hybridized carbons (Fsp3) is 0.320. The first-order valence-corrected chi connectivity index (χ1v) is 14.2. The second-order valence-electron chi connectivity index (χ2n) is 8.76. The van der Waals surface area contributed by atoms with Gasteiger partial charge >= 0.3 is 0 Å². The van der Waals surface area contributed by atoms with Gasteiger partial charge in [0, 0.05) is 42.7 Å². The Hall–Kier alpha value is -3.51. The minimum atomic E-state index is -3.77. The van der Waals surface area contributed by atoms with Crippen molar-refractivity contribution < 1.29 is 27.1 Å². The number of halogens is 1. The second-order valence-corrected chi connectivity index (χ2v) is 11.7. The number of sulfone groups is 1. The Morgan fingerprint density at radius 2 is 2.03 bits per heavy atom. The maximum absolute atomic E-state index is 15.0. The first-order chi connectivity index (χ1) is 17.5. The Bertz CT molecular complexity index is 1470. The maximum Gasteiger partial charge on any atom is 0.254 e. The number of benzene rings is 2. The minimum absolute atomic E-state index is 0.0492. The van der Waals surface area contributed by atoms with Crippen molar-refractivity contribution in [2.75, 3.05) is 37.9 Å². The summed E-state index contributed by atoms with van der Waals surface area (Å²) in [5.41, 5.74) is 7.12. The van der Waals surface area contributed by atoms with E-state index >= 15 is 4.39 Å². The third-order valence-electron chi connectivity index (χ3n) is 6.02. The van der Waals surface area contributed by atoms with Crippen LogP contribution in [0.3, 0.4) is 0 Å². The SMILES string of the molecule is CCc1c(C(=O)N2CCOc3ccc(-c4cnc(N(C)CC(N)=O)s4)cc3C2)ccc(S(C)(=O)=O)c1F. The van der Waals surface area contributed by atoms with Crippen LogP contribution in [-0.4, -0.2) is 63.1 Å². The lowest BCUT2D eigenvalue weighted by molar-refractivity contribution is -0.116. The average molecular weight is 547 g/mol. The topological polar surface area (TPSA) is 123 Å². The largest absolute Gasteiger partial charge is 0.491 e. The quantitative estimate of drug-likeness (QED) is 0.483. The number of carbonyl (C=O) groups excluding carboxylic acids is 2. The van der Waals surface area contributed by atoms with Gasteiger partial charge in [0.15, 0.2) is 15.0 Å². The van der Waals surface area contributed by atoms with Crippen LogP contribution in [0.1, 0.15) is 28.4 Å². The first kappa shape index (κ1) is 26.6. The summed E-state index contributed by atoms with van der Waals surface area (Å²) in [6, 6.07) is 8.18. The van der Waals surface area contributed by atoms with Crippen molar-refractivity contribution in [1.29, 1.82) is 0 Å². The average Bonchev–Trinajstić information content (AvgIpc) is 3.23. The number of hydrogen-bond acceptors (Lipinski definition) is 8. The van der Waals surface area contributed by atoms with Crippen molar-refractivity contribution in [2.24, 2.45) is 5.73 Å². The second kappa shape index (κ2) is 10.5. The van der Waals surface area contributed by atoms with E-state index in [1.54, 1.807) is 30.0 Å². The van der Waals surface area contributed by atoms with Crippen molar-refractivity contribution in [3.8, 4) is 16.2 Å². The van der Waals surface area contributed by atoms with Crippen LogP contribution < -0.4 is 15.4 Å². The number of fused-ring (bicyclic) bond motifs is 1. The van der Waals surface area contributed by atoms with Crippen LogP contribution >= 0.6 is 11.3 Å². The van der Waals surface area contributed by atoms with Gasteiger partial charge < -0.3 is 20.3 Å². The van der Waals surface area contributed by atoms with Crippen LogP contribution in [0.25, 0.3) is 10.4 Å². The molecule has 1 aromatic heterocycles. The molecule has 2 aromatic carbocycles. The van der Waals surface area contributed by atoms with Gasteiger partial charge in [-0.3, -0.25) is 9.59 Å². The van der Waals surface area contributed by atoms with E-state index < -0.39 is 32.4 Å². The van der Waals surface area contributed by atoms with Crippen LogP contribution in [0.15, 0.2) is 41.4 Å². The molecule has 0 unspecified atom stereocenters. The Balaban J connectivity index is 1.63. The van der Waals surface area contributed by atoms with Gasteiger partial charge in [-0.1, -0.05) is 18.3 Å². The number of hydrogen-bond donors (Lipinski definition) is 1. The zero-order valence-corrected chi connectivity index (χ0v) is 22.3. The molecule has 0 bridgehead atoms. The first-order valence-electron chi connectivity index (χ1n) is 11.5. The summed E-state index contributed by atoms with van der Waals surface area (Å²) in [5, 5.41) is 0.642. The maximum atomic E-state index is 15.0. The number of likely N-dealkylation sites (N-methyl/N-ethyl adjacent to an activating group) is 1. The molecule has 0 saturated carbocycles. The molecule has 12 heteroatoms. The van der Waals surface area contributed by atoms with E-state index in [0.29, 0.717) is 10.9 Å². The predicted octanol–water partition coefficient (Wildman–Crippen LogP) is 2.87. The summed E-state index contributed by atoms with van der Waals surface area (Å²) < 4.78 is 44.8. The van der Waals surface area contributed by atoms with Crippen molar-refractivity contribution >= 4 is 38.1 Å². The Morgan fingerprint density at radius 3 is 2.70 bits per heavy atom. The molecule has 0 saturated heterocycles. The molecule has 0 spiro atoms. The molecule has 0 atom stereocenters. The van der Waals surface area contributed by atoms with Crippen molar-refractivity contribution in [3.05, 3.63) is 59.0 Å². The van der Waals surface area contributed by atoms with Gasteiger partial charge in [0.05, 0.1) is 18.0 Å². The highest BCUT2D eigenvalue weighted by atomic mass is 32.2. The molecule has 196 valence electrons. The number of anilines is 1. The number of thiazole rings is 1. The molecule has 37 heavy (non-hydrogen) atoms. The van der Waals surface area contributed by atoms with Crippen molar-refractivity contribution in [3.63, 3.8) is 0 Å². The number of carbonyl (C=O) groups is 2. The molecule has 2 heterocycles. The number of rotatable bonds is 7. The molecule has 0 fully saturated rings. The summed E-state index contributed by atoms with van der Waals surface area (Å²) >= 11 is 1.40. The number of nitrogens with two attached hydrogens (primary N) is 1. The van der Waals surface area contributed by atoms with E-state index in [-0.39, 0.29) is 43.8 Å². The number of nitrogens with zero attached hydrogens (tertiary/aromatic N) is 3. The molecule has 0 aliphatic carbocycles. The molecule has 1 aliphatic heterocycles. The number of ether oxygens (including phenoxy) is 1. The minimum Gasteiger partial charge on any atom is -0.491 e. The normalized spacial score (nSPS) is 13.5. The molecule has 3 aromatic rings. The number of primary amides is 1. The molecule has 4 rings (SSSR count). The van der Waals surface area contributed by atoms with Gasteiger partial charge in [0.1, 0.15) is 23.1 Å². The summed E-state index contributed by atoms with van der Waals surface area (Å²) in [4.78, 5) is 32.8. The van der Waals surface area contributed by atoms with Crippen LogP contribution in [-0.2, 0) is 27.6 Å². The van der Waals surface area contributed by atoms with Crippen molar-refractivity contribution in [1.82, 2.24) is 9.88 Å². The van der Waals surface area contributed by atoms with Gasteiger partial charge in [0.2, 0.25) is 5.91 Å². The fourth-order valence-corrected chi connectivity index (χ4v) is 5.84. The zero-order chi connectivity index (χ0) is 26.9. The van der Waals surface area contributed by atoms with Gasteiger partial charge in [-0.2, -0.15) is 0 Å². The number of aromatic nitrogens is 1. The smallest absolute Gasteiger partial charge is 0.254 e. The number of amides is 2. The lowest BCUT2D eigenvalue weighted by Gasteiger charge is -2.22. The van der Waals surface area contributed by atoms with E-state index in [9.17, 15) is 18.0 Å². The van der Waals surface area contributed by atoms with Gasteiger partial charge in [-0.25, -0.2) is 17.8 Å². The summed E-state index contributed by atoms with van der Waals surface area (Å²) in [5.74, 6) is -1.09. The summed E-state index contributed by atoms with van der Waals surface area (Å²) in [6.45, 7) is 2.50. The Morgan fingerprint density at radius 1 is 1.27 bits per heavy atom. The Labute approximate surface area is 218 Å². The third kappa shape index (κ3) is 5.59. The van der Waals surface area contributed by atoms with E-state index in [4.69, 9.17) is 10.5 Å². The van der Waals surface area contributed by atoms with E-state index in [2.05, 4.69) is 4.98 Å². The lowest BCUT2D eigenvalue weighted by atomic mass is 10.0. The van der Waals surface area contributed by atoms with Crippen LogP contribution in [0.2, 0.25) is 0 Å². The molecule has 2 amide bonds. The van der Waals surface area contributed by atoms with Gasteiger partial charge in [-0.05, 0) is 42.3 Å². The fourth-order valence-electron chi connectivity index (χ4n) is 4.20. The van der Waals surface area contributed by atoms with Crippen LogP contribution in [0, 0.1) is 5.82 Å².